The van der Waals surface area contributed by atoms with Crippen molar-refractivity contribution in [3.8, 4) is 5.75 Å². The van der Waals surface area contributed by atoms with Crippen LogP contribution >= 0.6 is 0 Å². The van der Waals surface area contributed by atoms with Crippen molar-refractivity contribution in [1.82, 2.24) is 4.90 Å². The Morgan fingerprint density at radius 2 is 1.67 bits per heavy atom. The molecule has 0 spiro atoms. The number of hydrogen-bond donors (Lipinski definition) is 1. The van der Waals surface area contributed by atoms with Crippen molar-refractivity contribution in [3.05, 3.63) is 65.7 Å². The topological polar surface area (TPSA) is 44.8 Å². The minimum atomic E-state index is 0.160. The lowest BCUT2D eigenvalue weighted by molar-refractivity contribution is -0.129. The highest BCUT2D eigenvalue weighted by molar-refractivity contribution is 6.00. The first-order valence-electron chi connectivity index (χ1n) is 10.7. The highest BCUT2D eigenvalue weighted by Crippen LogP contribution is 2.34. The van der Waals surface area contributed by atoms with E-state index in [1.807, 2.05) is 17.0 Å². The maximum atomic E-state index is 12.8. The number of nitrogens with zero attached hydrogens (tertiary/aromatic N) is 2. The Bertz CT molecular complexity index is 1060. The monoisotopic (exact) mass is 401 g/mol. The van der Waals surface area contributed by atoms with E-state index in [2.05, 4.69) is 52.7 Å². The van der Waals surface area contributed by atoms with Crippen molar-refractivity contribution in [3.63, 3.8) is 0 Å². The summed E-state index contributed by atoms with van der Waals surface area (Å²) in [6, 6.07) is 19.0. The number of aryl methyl sites for hydroxylation is 2. The Balaban J connectivity index is 1.20. The van der Waals surface area contributed by atoms with E-state index >= 15 is 0 Å². The Morgan fingerprint density at radius 3 is 2.40 bits per heavy atom. The molecule has 1 aliphatic carbocycles. The van der Waals surface area contributed by atoms with Crippen LogP contribution in [0.1, 0.15) is 11.1 Å². The van der Waals surface area contributed by atoms with Crippen LogP contribution in [0.3, 0.4) is 0 Å². The third-order valence-electron chi connectivity index (χ3n) is 6.38. The molecule has 0 unspecified atom stereocenters. The molecule has 1 saturated heterocycles. The molecule has 154 valence electrons. The van der Waals surface area contributed by atoms with Gasteiger partial charge in [0.05, 0.1) is 13.7 Å². The maximum absolute atomic E-state index is 12.8. The number of piperazine rings is 1. The molecule has 1 aliphatic heterocycles. The van der Waals surface area contributed by atoms with Gasteiger partial charge in [-0.1, -0.05) is 24.3 Å². The van der Waals surface area contributed by atoms with Crippen molar-refractivity contribution < 1.29 is 9.53 Å². The van der Waals surface area contributed by atoms with Gasteiger partial charge in [0, 0.05) is 42.9 Å². The van der Waals surface area contributed by atoms with Crippen LogP contribution in [0.4, 0.5) is 11.4 Å². The zero-order chi connectivity index (χ0) is 20.5. The summed E-state index contributed by atoms with van der Waals surface area (Å²) in [5, 5.41) is 6.02. The fourth-order valence-corrected chi connectivity index (χ4v) is 4.69. The van der Waals surface area contributed by atoms with Gasteiger partial charge in [-0.15, -0.1) is 0 Å². The molecule has 0 atom stereocenters. The molecule has 3 aromatic rings. The van der Waals surface area contributed by atoms with Gasteiger partial charge >= 0.3 is 0 Å². The number of hydrogen-bond acceptors (Lipinski definition) is 4. The van der Waals surface area contributed by atoms with Crippen molar-refractivity contribution in [2.75, 3.05) is 50.1 Å². The van der Waals surface area contributed by atoms with E-state index in [1.54, 1.807) is 7.11 Å². The minimum Gasteiger partial charge on any atom is -0.497 e. The fourth-order valence-electron chi connectivity index (χ4n) is 4.69. The molecule has 1 amide bonds. The van der Waals surface area contributed by atoms with Gasteiger partial charge in [-0.3, -0.25) is 4.79 Å². The number of rotatable bonds is 5. The van der Waals surface area contributed by atoms with E-state index in [0.717, 1.165) is 50.5 Å². The Morgan fingerprint density at radius 1 is 0.933 bits per heavy atom. The van der Waals surface area contributed by atoms with Crippen LogP contribution in [0.15, 0.2) is 54.6 Å². The lowest BCUT2D eigenvalue weighted by atomic mass is 10.0. The Hall–Kier alpha value is -3.21. The average molecular weight is 402 g/mol. The highest BCUT2D eigenvalue weighted by atomic mass is 16.5. The van der Waals surface area contributed by atoms with Gasteiger partial charge in [-0.2, -0.15) is 0 Å². The van der Waals surface area contributed by atoms with Crippen LogP contribution in [-0.4, -0.2) is 50.6 Å². The summed E-state index contributed by atoms with van der Waals surface area (Å²) >= 11 is 0. The number of amides is 1. The second-order valence-electron chi connectivity index (χ2n) is 8.03. The lowest BCUT2D eigenvalue weighted by Crippen LogP contribution is -2.50. The van der Waals surface area contributed by atoms with Crippen molar-refractivity contribution in [2.45, 2.75) is 12.8 Å². The number of carbonyl (C=O) groups excluding carboxylic acids is 1. The van der Waals surface area contributed by atoms with E-state index in [4.69, 9.17) is 4.74 Å². The molecule has 0 bridgehead atoms. The van der Waals surface area contributed by atoms with Gasteiger partial charge in [0.1, 0.15) is 5.75 Å². The summed E-state index contributed by atoms with van der Waals surface area (Å²) in [4.78, 5) is 17.1. The third-order valence-corrected chi connectivity index (χ3v) is 6.38. The molecule has 3 aromatic carbocycles. The number of ether oxygens (including phenoxy) is 1. The average Bonchev–Trinajstić information content (AvgIpc) is 3.23. The summed E-state index contributed by atoms with van der Waals surface area (Å²) < 4.78 is 5.23. The fraction of sp³-hybridized carbons (Fsp3) is 0.320. The number of benzene rings is 3. The largest absolute Gasteiger partial charge is 0.497 e. The second-order valence-corrected chi connectivity index (χ2v) is 8.03. The molecule has 1 heterocycles. The maximum Gasteiger partial charge on any atom is 0.241 e. The normalized spacial score (nSPS) is 15.5. The summed E-state index contributed by atoms with van der Waals surface area (Å²) in [5.74, 6) is 1.02. The molecular weight excluding hydrogens is 374 g/mol. The molecule has 5 heteroatoms. The molecule has 5 nitrogen and oxygen atoms in total. The van der Waals surface area contributed by atoms with Crippen molar-refractivity contribution >= 4 is 28.1 Å². The summed E-state index contributed by atoms with van der Waals surface area (Å²) in [6.07, 6.45) is 2.24. The van der Waals surface area contributed by atoms with Crippen molar-refractivity contribution in [2.24, 2.45) is 0 Å². The van der Waals surface area contributed by atoms with Gasteiger partial charge in [-0.25, -0.2) is 0 Å². The van der Waals surface area contributed by atoms with Gasteiger partial charge in [0.25, 0.3) is 0 Å². The smallest absolute Gasteiger partial charge is 0.241 e. The third kappa shape index (κ3) is 3.45. The molecule has 0 saturated carbocycles. The molecule has 1 fully saturated rings. The molecular formula is C25H27N3O2. The second kappa shape index (κ2) is 7.90. The highest BCUT2D eigenvalue weighted by Gasteiger charge is 2.22. The standard InChI is InChI=1S/C25H27N3O2/c1-30-21-10-8-20(9-11-21)27-13-15-28(16-14-27)24(29)17-26-23-12-7-19-6-5-18-3-2-4-22(23)25(18)19/h2-4,7-12,26H,5-6,13-17H2,1H3. The first kappa shape index (κ1) is 18.8. The molecule has 1 N–H and O–H groups in total. The first-order valence-corrected chi connectivity index (χ1v) is 10.7. The molecule has 0 radical (unpaired) electrons. The van der Waals surface area contributed by atoms with Gasteiger partial charge in [0.15, 0.2) is 0 Å². The van der Waals surface area contributed by atoms with Crippen LogP contribution < -0.4 is 15.0 Å². The Kier molecular flexibility index (Phi) is 4.95. The first-order chi connectivity index (χ1) is 14.7. The van der Waals surface area contributed by atoms with Crippen LogP contribution in [-0.2, 0) is 17.6 Å². The van der Waals surface area contributed by atoms with Crippen LogP contribution in [0.5, 0.6) is 5.75 Å². The van der Waals surface area contributed by atoms with E-state index in [1.165, 1.54) is 27.6 Å². The predicted molar refractivity (Wildman–Crippen MR) is 122 cm³/mol. The van der Waals surface area contributed by atoms with E-state index in [-0.39, 0.29) is 5.91 Å². The number of anilines is 2. The van der Waals surface area contributed by atoms with Gasteiger partial charge in [-0.05, 0) is 59.7 Å². The van der Waals surface area contributed by atoms with Gasteiger partial charge in [0.2, 0.25) is 5.91 Å². The predicted octanol–water partition coefficient (Wildman–Crippen LogP) is 3.71. The molecule has 5 rings (SSSR count). The number of nitrogens with one attached hydrogen (secondary N) is 1. The summed E-state index contributed by atoms with van der Waals surface area (Å²) in [5.41, 5.74) is 5.08. The van der Waals surface area contributed by atoms with Crippen LogP contribution in [0.25, 0.3) is 10.8 Å². The van der Waals surface area contributed by atoms with E-state index in [0.29, 0.717) is 6.54 Å². The minimum absolute atomic E-state index is 0.160. The quantitative estimate of drug-likeness (QED) is 0.708. The summed E-state index contributed by atoms with van der Waals surface area (Å²) in [6.45, 7) is 3.52. The van der Waals surface area contributed by atoms with Gasteiger partial charge < -0.3 is 19.9 Å². The van der Waals surface area contributed by atoms with Crippen molar-refractivity contribution in [1.29, 1.82) is 0 Å². The zero-order valence-corrected chi connectivity index (χ0v) is 17.4. The molecule has 2 aliphatic rings. The summed E-state index contributed by atoms with van der Waals surface area (Å²) in [7, 11) is 1.68. The van der Waals surface area contributed by atoms with Crippen LogP contribution in [0.2, 0.25) is 0 Å². The molecule has 0 aromatic heterocycles. The Labute approximate surface area is 177 Å². The SMILES string of the molecule is COc1ccc(N2CCN(C(=O)CNc3ccc4c5c(cccc35)CC4)CC2)cc1. The van der Waals surface area contributed by atoms with Crippen LogP contribution in [0, 0.1) is 0 Å². The van der Waals surface area contributed by atoms with E-state index < -0.39 is 0 Å². The van der Waals surface area contributed by atoms with E-state index in [9.17, 15) is 4.79 Å². The number of carbonyl (C=O) groups is 1. The molecule has 30 heavy (non-hydrogen) atoms. The zero-order valence-electron chi connectivity index (χ0n) is 17.4. The number of methoxy groups -OCH3 is 1. The lowest BCUT2D eigenvalue weighted by Gasteiger charge is -2.36.